The number of anilines is 2. The van der Waals surface area contributed by atoms with Gasteiger partial charge in [-0.05, 0) is 88.3 Å². The van der Waals surface area contributed by atoms with Gasteiger partial charge < -0.3 is 9.80 Å². The maximum Gasteiger partial charge on any atom is 0.0366 e. The fourth-order valence-corrected chi connectivity index (χ4v) is 4.83. The van der Waals surface area contributed by atoms with E-state index in [1.54, 1.807) is 11.1 Å². The summed E-state index contributed by atoms with van der Waals surface area (Å²) in [6.45, 7) is 15.5. The van der Waals surface area contributed by atoms with Crippen molar-refractivity contribution in [3.8, 4) is 0 Å². The lowest BCUT2D eigenvalue weighted by molar-refractivity contribution is 0.528. The fraction of sp³-hybridized carbons (Fsp3) is 0.448. The molecular weight excluding hydrogens is 376 g/mol. The summed E-state index contributed by atoms with van der Waals surface area (Å²) in [7, 11) is 0. The van der Waals surface area contributed by atoms with E-state index in [4.69, 9.17) is 0 Å². The summed E-state index contributed by atoms with van der Waals surface area (Å²) < 4.78 is 0. The van der Waals surface area contributed by atoms with Gasteiger partial charge in [0.25, 0.3) is 0 Å². The van der Waals surface area contributed by atoms with Gasteiger partial charge in [-0.1, -0.05) is 54.5 Å². The van der Waals surface area contributed by atoms with E-state index in [1.807, 2.05) is 0 Å². The Labute approximate surface area is 190 Å². The monoisotopic (exact) mass is 416 g/mol. The van der Waals surface area contributed by atoms with Gasteiger partial charge >= 0.3 is 0 Å². The van der Waals surface area contributed by atoms with E-state index in [2.05, 4.69) is 105 Å². The zero-order chi connectivity index (χ0) is 22.2. The van der Waals surface area contributed by atoms with Gasteiger partial charge in [-0.15, -0.1) is 0 Å². The number of rotatable bonds is 8. The van der Waals surface area contributed by atoms with Crippen LogP contribution < -0.4 is 9.80 Å². The molecule has 3 rings (SSSR count). The van der Waals surface area contributed by atoms with E-state index in [-0.39, 0.29) is 0 Å². The van der Waals surface area contributed by atoms with E-state index in [0.717, 1.165) is 32.6 Å². The van der Waals surface area contributed by atoms with Gasteiger partial charge in [0.15, 0.2) is 0 Å². The minimum absolute atomic E-state index is 0.705. The van der Waals surface area contributed by atoms with Crippen molar-refractivity contribution in [2.75, 3.05) is 36.0 Å². The van der Waals surface area contributed by atoms with E-state index < -0.39 is 0 Å². The highest BCUT2D eigenvalue weighted by molar-refractivity contribution is 5.62. The number of hydrogen-bond donors (Lipinski definition) is 0. The summed E-state index contributed by atoms with van der Waals surface area (Å²) in [6, 6.07) is 18.1. The molecular formula is C29H40N2. The molecule has 1 aliphatic carbocycles. The lowest BCUT2D eigenvalue weighted by atomic mass is 9.82. The summed E-state index contributed by atoms with van der Waals surface area (Å²) >= 11 is 0. The van der Waals surface area contributed by atoms with Crippen LogP contribution in [0.5, 0.6) is 0 Å². The van der Waals surface area contributed by atoms with Crippen LogP contribution in [0.15, 0.2) is 59.7 Å². The predicted octanol–water partition coefficient (Wildman–Crippen LogP) is 7.67. The highest BCUT2D eigenvalue weighted by Gasteiger charge is 2.17. The van der Waals surface area contributed by atoms with Gasteiger partial charge in [-0.25, -0.2) is 0 Å². The summed E-state index contributed by atoms with van der Waals surface area (Å²) in [6.07, 6.45) is 8.34. The number of allylic oxidation sites excluding steroid dienone is 2. The Kier molecular flexibility index (Phi) is 8.40. The van der Waals surface area contributed by atoms with Gasteiger partial charge in [0.1, 0.15) is 0 Å². The van der Waals surface area contributed by atoms with Crippen LogP contribution in [0.25, 0.3) is 12.2 Å². The van der Waals surface area contributed by atoms with Crippen molar-refractivity contribution in [2.24, 2.45) is 5.92 Å². The SMILES string of the molecule is CCN(CC)c1ccc(C=C2CC(=Cc3ccc(N(CC)CC)cc3)CC(C)C2)cc1. The highest BCUT2D eigenvalue weighted by atomic mass is 15.1. The minimum Gasteiger partial charge on any atom is -0.372 e. The van der Waals surface area contributed by atoms with E-state index >= 15 is 0 Å². The Balaban J connectivity index is 1.73. The maximum absolute atomic E-state index is 2.42. The first-order valence-corrected chi connectivity index (χ1v) is 12.1. The average Bonchev–Trinajstić information content (AvgIpc) is 2.77. The molecule has 166 valence electrons. The molecule has 0 amide bonds. The summed E-state index contributed by atoms with van der Waals surface area (Å²) in [5, 5.41) is 0. The molecule has 1 aliphatic rings. The lowest BCUT2D eigenvalue weighted by Crippen LogP contribution is -2.21. The molecule has 0 radical (unpaired) electrons. The molecule has 0 aliphatic heterocycles. The van der Waals surface area contributed by atoms with Crippen LogP contribution in [0.1, 0.15) is 65.0 Å². The Morgan fingerprint density at radius 3 is 1.32 bits per heavy atom. The molecule has 2 nitrogen and oxygen atoms in total. The van der Waals surface area contributed by atoms with Crippen molar-refractivity contribution in [1.29, 1.82) is 0 Å². The van der Waals surface area contributed by atoms with Crippen LogP contribution in [0, 0.1) is 5.92 Å². The van der Waals surface area contributed by atoms with E-state index in [9.17, 15) is 0 Å². The average molecular weight is 417 g/mol. The number of nitrogens with zero attached hydrogens (tertiary/aromatic N) is 2. The molecule has 31 heavy (non-hydrogen) atoms. The van der Waals surface area contributed by atoms with Crippen molar-refractivity contribution < 1.29 is 0 Å². The first kappa shape index (κ1) is 23.2. The van der Waals surface area contributed by atoms with Gasteiger partial charge in [0.2, 0.25) is 0 Å². The second kappa shape index (κ2) is 11.2. The topological polar surface area (TPSA) is 6.48 Å². The normalized spacial score (nSPS) is 19.1. The zero-order valence-corrected chi connectivity index (χ0v) is 20.2. The lowest BCUT2D eigenvalue weighted by Gasteiger charge is -2.24. The molecule has 1 saturated carbocycles. The molecule has 1 fully saturated rings. The van der Waals surface area contributed by atoms with Crippen LogP contribution in [-0.4, -0.2) is 26.2 Å². The molecule has 0 aromatic heterocycles. The molecule has 0 bridgehead atoms. The van der Waals surface area contributed by atoms with Crippen LogP contribution in [0.2, 0.25) is 0 Å². The fourth-order valence-electron chi connectivity index (χ4n) is 4.83. The van der Waals surface area contributed by atoms with Crippen molar-refractivity contribution in [3.05, 3.63) is 70.8 Å². The largest absolute Gasteiger partial charge is 0.372 e. The number of hydrogen-bond acceptors (Lipinski definition) is 2. The highest BCUT2D eigenvalue weighted by Crippen LogP contribution is 2.35. The Hall–Kier alpha value is -2.48. The molecule has 0 saturated heterocycles. The van der Waals surface area contributed by atoms with Gasteiger partial charge in [-0.2, -0.15) is 0 Å². The smallest absolute Gasteiger partial charge is 0.0366 e. The number of benzene rings is 2. The quantitative estimate of drug-likeness (QED) is 0.436. The molecule has 2 heteroatoms. The standard InChI is InChI=1S/C29H40N2/c1-6-30(7-2)28-14-10-24(11-15-28)20-26-18-23(5)19-27(22-26)21-25-12-16-29(17-13-25)31(8-3)9-4/h10-17,20-21,23H,6-9,18-19,22H2,1-5H3. The van der Waals surface area contributed by atoms with Crippen molar-refractivity contribution in [2.45, 2.75) is 53.9 Å². The third kappa shape index (κ3) is 6.26. The summed E-state index contributed by atoms with van der Waals surface area (Å²) in [5.74, 6) is 0.705. The summed E-state index contributed by atoms with van der Waals surface area (Å²) in [4.78, 5) is 4.79. The Morgan fingerprint density at radius 2 is 1.00 bits per heavy atom. The second-order valence-corrected chi connectivity index (χ2v) is 8.82. The first-order valence-electron chi connectivity index (χ1n) is 12.1. The van der Waals surface area contributed by atoms with Crippen LogP contribution in [-0.2, 0) is 0 Å². The first-order chi connectivity index (χ1) is 15.1. The molecule has 0 heterocycles. The molecule has 2 aromatic carbocycles. The molecule has 2 aromatic rings. The van der Waals surface area contributed by atoms with Gasteiger partial charge in [0, 0.05) is 37.6 Å². The van der Waals surface area contributed by atoms with Crippen molar-refractivity contribution >= 4 is 23.5 Å². The Bertz CT molecular complexity index is 792. The third-order valence-corrected chi connectivity index (χ3v) is 6.46. The Morgan fingerprint density at radius 1 is 0.645 bits per heavy atom. The van der Waals surface area contributed by atoms with Crippen LogP contribution in [0.3, 0.4) is 0 Å². The zero-order valence-electron chi connectivity index (χ0n) is 20.2. The summed E-state index contributed by atoms with van der Waals surface area (Å²) in [5.41, 5.74) is 8.39. The minimum atomic E-state index is 0.705. The third-order valence-electron chi connectivity index (χ3n) is 6.46. The molecule has 0 N–H and O–H groups in total. The predicted molar refractivity (Wildman–Crippen MR) is 139 cm³/mol. The van der Waals surface area contributed by atoms with Crippen molar-refractivity contribution in [1.82, 2.24) is 0 Å². The van der Waals surface area contributed by atoms with Crippen LogP contribution >= 0.6 is 0 Å². The van der Waals surface area contributed by atoms with Crippen LogP contribution in [0.4, 0.5) is 11.4 Å². The van der Waals surface area contributed by atoms with E-state index in [0.29, 0.717) is 5.92 Å². The van der Waals surface area contributed by atoms with E-state index in [1.165, 1.54) is 35.3 Å². The maximum atomic E-state index is 2.42. The molecule has 0 atom stereocenters. The van der Waals surface area contributed by atoms with Gasteiger partial charge in [0.05, 0.1) is 0 Å². The second-order valence-electron chi connectivity index (χ2n) is 8.82. The van der Waals surface area contributed by atoms with Gasteiger partial charge in [-0.3, -0.25) is 0 Å². The molecule has 0 unspecified atom stereocenters. The molecule has 0 spiro atoms. The van der Waals surface area contributed by atoms with Crippen molar-refractivity contribution in [3.63, 3.8) is 0 Å².